The topological polar surface area (TPSA) is 55.9 Å². The van der Waals surface area contributed by atoms with Crippen LogP contribution in [0.15, 0.2) is 6.20 Å². The highest BCUT2D eigenvalue weighted by Crippen LogP contribution is 2.64. The Morgan fingerprint density at radius 3 is 2.25 bits per heavy atom. The third-order valence-corrected chi connectivity index (χ3v) is 6.37. The summed E-state index contributed by atoms with van der Waals surface area (Å²) in [5.41, 5.74) is 4.46. The van der Waals surface area contributed by atoms with E-state index in [-0.39, 0.29) is 6.04 Å². The molecule has 20 heavy (non-hydrogen) atoms. The van der Waals surface area contributed by atoms with Crippen molar-refractivity contribution in [2.45, 2.75) is 44.6 Å². The molecule has 4 aliphatic carbocycles. The van der Waals surface area contributed by atoms with Gasteiger partial charge in [-0.2, -0.15) is 5.10 Å². The molecule has 4 saturated carbocycles. The van der Waals surface area contributed by atoms with Crippen LogP contribution in [0.1, 0.15) is 50.3 Å². The Morgan fingerprint density at radius 2 is 1.85 bits per heavy atom. The highest BCUT2D eigenvalue weighted by atomic mass is 35.5. The van der Waals surface area contributed by atoms with E-state index in [2.05, 4.69) is 10.5 Å². The van der Waals surface area contributed by atoms with Crippen LogP contribution in [-0.2, 0) is 7.05 Å². The lowest BCUT2D eigenvalue weighted by atomic mass is 9.47. The molecule has 0 amide bonds. The molecule has 1 heterocycles. The van der Waals surface area contributed by atoms with Crippen LogP contribution in [0.3, 0.4) is 0 Å². The molecule has 1 aromatic rings. The summed E-state index contributed by atoms with van der Waals surface area (Å²) in [4.78, 5) is 0. The number of nitrogens with two attached hydrogens (primary N) is 1. The van der Waals surface area contributed by atoms with Gasteiger partial charge < -0.3 is 0 Å². The summed E-state index contributed by atoms with van der Waals surface area (Å²) in [5, 5.41) is 5.04. The number of hydrazine groups is 1. The van der Waals surface area contributed by atoms with Gasteiger partial charge >= 0.3 is 0 Å². The molecule has 5 heteroatoms. The van der Waals surface area contributed by atoms with Crippen molar-refractivity contribution in [2.24, 2.45) is 36.1 Å². The summed E-state index contributed by atoms with van der Waals surface area (Å²) < 4.78 is 1.89. The van der Waals surface area contributed by atoms with Crippen LogP contribution in [0.5, 0.6) is 0 Å². The van der Waals surface area contributed by atoms with E-state index >= 15 is 0 Å². The van der Waals surface area contributed by atoms with Gasteiger partial charge in [-0.1, -0.05) is 11.6 Å². The lowest BCUT2D eigenvalue weighted by molar-refractivity contribution is -0.0762. The lowest BCUT2D eigenvalue weighted by Crippen LogP contribution is -2.53. The van der Waals surface area contributed by atoms with Gasteiger partial charge in [0.15, 0.2) is 0 Å². The molecule has 4 fully saturated rings. The van der Waals surface area contributed by atoms with Crippen molar-refractivity contribution >= 4 is 11.6 Å². The van der Waals surface area contributed by atoms with E-state index in [4.69, 9.17) is 17.4 Å². The van der Waals surface area contributed by atoms with E-state index < -0.39 is 0 Å². The predicted molar refractivity (Wildman–Crippen MR) is 78.9 cm³/mol. The molecular weight excluding hydrogens is 272 g/mol. The number of nitrogens with one attached hydrogen (secondary N) is 1. The minimum absolute atomic E-state index is 0.135. The highest BCUT2D eigenvalue weighted by molar-refractivity contribution is 6.31. The Balaban J connectivity index is 1.74. The lowest BCUT2D eigenvalue weighted by Gasteiger charge is -2.59. The molecule has 0 radical (unpaired) electrons. The summed E-state index contributed by atoms with van der Waals surface area (Å²) in [5.74, 6) is 8.69. The molecule has 0 aromatic carbocycles. The third kappa shape index (κ3) is 1.78. The van der Waals surface area contributed by atoms with Crippen LogP contribution in [0.25, 0.3) is 0 Å². The Kier molecular flexibility index (Phi) is 2.92. The first-order valence-electron chi connectivity index (χ1n) is 7.75. The molecule has 5 rings (SSSR count). The summed E-state index contributed by atoms with van der Waals surface area (Å²) in [6.07, 6.45) is 9.96. The number of halogens is 1. The SMILES string of the molecule is Cn1ncc(Cl)c1C(NN)C12CC3CC(CC(C3)C1)C2. The van der Waals surface area contributed by atoms with Gasteiger partial charge in [0.2, 0.25) is 0 Å². The molecule has 110 valence electrons. The quantitative estimate of drug-likeness (QED) is 0.666. The standard InChI is InChI=1S/C15H23ClN4/c1-20-13(12(16)8-18-20)14(19-17)15-5-9-2-10(6-15)4-11(3-9)7-15/h8-11,14,19H,2-7,17H2,1H3. The molecule has 0 spiro atoms. The van der Waals surface area contributed by atoms with Crippen LogP contribution in [0.2, 0.25) is 5.02 Å². The molecule has 1 atom stereocenters. The zero-order chi connectivity index (χ0) is 13.9. The fraction of sp³-hybridized carbons (Fsp3) is 0.800. The first-order valence-corrected chi connectivity index (χ1v) is 8.12. The van der Waals surface area contributed by atoms with Crippen molar-refractivity contribution in [3.63, 3.8) is 0 Å². The normalized spacial score (nSPS) is 40.2. The van der Waals surface area contributed by atoms with Gasteiger partial charge in [0.25, 0.3) is 0 Å². The molecule has 4 bridgehead atoms. The minimum Gasteiger partial charge on any atom is -0.271 e. The molecule has 0 aliphatic heterocycles. The summed E-state index contributed by atoms with van der Waals surface area (Å²) >= 11 is 6.38. The monoisotopic (exact) mass is 294 g/mol. The van der Waals surface area contributed by atoms with Gasteiger partial charge in [0.05, 0.1) is 23.0 Å². The minimum atomic E-state index is 0.135. The van der Waals surface area contributed by atoms with Crippen LogP contribution in [-0.4, -0.2) is 9.78 Å². The number of rotatable bonds is 3. The molecule has 0 saturated heterocycles. The zero-order valence-electron chi connectivity index (χ0n) is 12.0. The van der Waals surface area contributed by atoms with Gasteiger partial charge in [0, 0.05) is 7.05 Å². The maximum absolute atomic E-state index is 6.38. The smallest absolute Gasteiger partial charge is 0.0834 e. The van der Waals surface area contributed by atoms with Crippen molar-refractivity contribution in [3.05, 3.63) is 16.9 Å². The number of hydrogen-bond donors (Lipinski definition) is 2. The van der Waals surface area contributed by atoms with E-state index in [9.17, 15) is 0 Å². The number of nitrogens with zero attached hydrogens (tertiary/aromatic N) is 2. The van der Waals surface area contributed by atoms with Gasteiger partial charge in [-0.25, -0.2) is 0 Å². The molecule has 1 unspecified atom stereocenters. The molecule has 4 nitrogen and oxygen atoms in total. The number of hydrogen-bond acceptors (Lipinski definition) is 3. The Hall–Kier alpha value is -0.580. The molecule has 3 N–H and O–H groups in total. The second-order valence-corrected chi connectivity index (χ2v) is 7.79. The summed E-state index contributed by atoms with van der Waals surface area (Å²) in [6.45, 7) is 0. The van der Waals surface area contributed by atoms with Crippen LogP contribution < -0.4 is 11.3 Å². The largest absolute Gasteiger partial charge is 0.271 e. The second kappa shape index (κ2) is 4.46. The van der Waals surface area contributed by atoms with E-state index in [1.54, 1.807) is 6.20 Å². The van der Waals surface area contributed by atoms with Crippen molar-refractivity contribution in [1.29, 1.82) is 0 Å². The first kappa shape index (κ1) is 13.1. The van der Waals surface area contributed by atoms with Gasteiger partial charge in [-0.05, 0) is 61.7 Å². The number of aromatic nitrogens is 2. The van der Waals surface area contributed by atoms with Gasteiger partial charge in [-0.15, -0.1) is 0 Å². The van der Waals surface area contributed by atoms with Crippen molar-refractivity contribution in [2.75, 3.05) is 0 Å². The molecular formula is C15H23ClN4. The maximum atomic E-state index is 6.38. The Morgan fingerprint density at radius 1 is 1.30 bits per heavy atom. The fourth-order valence-corrected chi connectivity index (χ4v) is 6.10. The average Bonchev–Trinajstić information content (AvgIpc) is 2.70. The molecule has 1 aromatic heterocycles. The number of aryl methyl sites for hydroxylation is 1. The first-order chi connectivity index (χ1) is 9.61. The molecule has 4 aliphatic rings. The third-order valence-electron chi connectivity index (χ3n) is 6.08. The van der Waals surface area contributed by atoms with E-state index in [0.717, 1.165) is 28.5 Å². The van der Waals surface area contributed by atoms with Crippen molar-refractivity contribution in [3.8, 4) is 0 Å². The summed E-state index contributed by atoms with van der Waals surface area (Å²) in [7, 11) is 1.96. The van der Waals surface area contributed by atoms with Crippen LogP contribution in [0, 0.1) is 23.2 Å². The maximum Gasteiger partial charge on any atom is 0.0834 e. The van der Waals surface area contributed by atoms with Crippen molar-refractivity contribution in [1.82, 2.24) is 15.2 Å². The zero-order valence-corrected chi connectivity index (χ0v) is 12.7. The Labute approximate surface area is 125 Å². The second-order valence-electron chi connectivity index (χ2n) is 7.38. The summed E-state index contributed by atoms with van der Waals surface area (Å²) in [6, 6.07) is 0.135. The average molecular weight is 295 g/mol. The van der Waals surface area contributed by atoms with E-state index in [1.807, 2.05) is 11.7 Å². The van der Waals surface area contributed by atoms with E-state index in [1.165, 1.54) is 38.5 Å². The fourth-order valence-electron chi connectivity index (χ4n) is 5.82. The van der Waals surface area contributed by atoms with Crippen LogP contribution in [0.4, 0.5) is 0 Å². The van der Waals surface area contributed by atoms with Gasteiger partial charge in [0.1, 0.15) is 0 Å². The van der Waals surface area contributed by atoms with Crippen molar-refractivity contribution < 1.29 is 0 Å². The predicted octanol–water partition coefficient (Wildman–Crippen LogP) is 2.79. The Bertz CT molecular complexity index is 469. The highest BCUT2D eigenvalue weighted by Gasteiger charge is 2.55. The van der Waals surface area contributed by atoms with E-state index in [0.29, 0.717) is 5.41 Å². The van der Waals surface area contributed by atoms with Gasteiger partial charge in [-0.3, -0.25) is 16.0 Å². The van der Waals surface area contributed by atoms with Crippen LogP contribution >= 0.6 is 11.6 Å².